The fourth-order valence-corrected chi connectivity index (χ4v) is 2.81. The number of ether oxygens (including phenoxy) is 1. The Hall–Kier alpha value is 0.110. The van der Waals surface area contributed by atoms with Gasteiger partial charge < -0.3 is 13.8 Å². The molecular weight excluding hydrogens is 239 g/mol. The summed E-state index contributed by atoms with van der Waals surface area (Å²) >= 11 is 0. The molecule has 2 unspecified atom stereocenters. The quantitative estimate of drug-likeness (QED) is 0.709. The molecule has 0 spiro atoms. The summed E-state index contributed by atoms with van der Waals surface area (Å²) in [5, 5.41) is -0.525. The summed E-state index contributed by atoms with van der Waals surface area (Å²) in [5.74, 6) is 0. The Kier molecular flexibility index (Phi) is 5.87. The second kappa shape index (κ2) is 5.83. The van der Waals surface area contributed by atoms with Crippen molar-refractivity contribution in [1.82, 2.24) is 0 Å². The summed E-state index contributed by atoms with van der Waals surface area (Å²) in [5.41, 5.74) is -0.235. The van der Waals surface area contributed by atoms with Gasteiger partial charge in [-0.05, 0) is 48.5 Å². The van der Waals surface area contributed by atoms with Crippen LogP contribution in [0.25, 0.3) is 0 Å². The molecule has 0 saturated carbocycles. The Bertz CT molecular complexity index is 275. The fraction of sp³-hybridized carbons (Fsp3) is 1.00. The van der Waals surface area contributed by atoms with Gasteiger partial charge in [0.15, 0.2) is 0 Å². The predicted molar refractivity (Wildman–Crippen MR) is 70.6 cm³/mol. The minimum absolute atomic E-state index is 0.124. The van der Waals surface area contributed by atoms with Gasteiger partial charge in [-0.3, -0.25) is 4.57 Å². The lowest BCUT2D eigenvalue weighted by atomic mass is 10.2. The molecular formula is C12H27O4P. The second-order valence-electron chi connectivity index (χ2n) is 6.19. The highest BCUT2D eigenvalue weighted by Crippen LogP contribution is 2.59. The molecule has 0 aliphatic rings. The van der Waals surface area contributed by atoms with Crippen molar-refractivity contribution in [2.45, 2.75) is 65.3 Å². The molecule has 104 valence electrons. The van der Waals surface area contributed by atoms with E-state index in [-0.39, 0.29) is 18.3 Å². The van der Waals surface area contributed by atoms with Crippen LogP contribution < -0.4 is 0 Å². The van der Waals surface area contributed by atoms with Crippen molar-refractivity contribution in [3.63, 3.8) is 0 Å². The standard InChI is InChI=1S/C12H27O4P/c1-10(16-11(2,3)4)9-15-17(13,14-8)12(5,6)7/h10H,9H2,1-8H3. The zero-order valence-corrected chi connectivity index (χ0v) is 13.3. The zero-order valence-electron chi connectivity index (χ0n) is 12.4. The van der Waals surface area contributed by atoms with Crippen molar-refractivity contribution >= 4 is 7.60 Å². The summed E-state index contributed by atoms with van der Waals surface area (Å²) < 4.78 is 28.6. The zero-order chi connectivity index (χ0) is 13.9. The molecule has 2 atom stereocenters. The highest BCUT2D eigenvalue weighted by Gasteiger charge is 2.39. The molecule has 4 nitrogen and oxygen atoms in total. The molecule has 0 aromatic heterocycles. The van der Waals surface area contributed by atoms with Gasteiger partial charge in [-0.2, -0.15) is 0 Å². The Morgan fingerprint density at radius 3 is 1.88 bits per heavy atom. The minimum atomic E-state index is -3.08. The molecule has 0 fully saturated rings. The lowest BCUT2D eigenvalue weighted by Crippen LogP contribution is -2.29. The third-order valence-corrected chi connectivity index (χ3v) is 4.71. The maximum atomic E-state index is 12.4. The molecule has 0 aromatic rings. The Morgan fingerprint density at radius 2 is 1.59 bits per heavy atom. The molecule has 0 radical (unpaired) electrons. The monoisotopic (exact) mass is 266 g/mol. The van der Waals surface area contributed by atoms with E-state index in [0.717, 1.165) is 0 Å². The average Bonchev–Trinajstić information content (AvgIpc) is 2.09. The molecule has 0 N–H and O–H groups in total. The van der Waals surface area contributed by atoms with Crippen molar-refractivity contribution in [2.75, 3.05) is 13.7 Å². The molecule has 5 heteroatoms. The van der Waals surface area contributed by atoms with E-state index < -0.39 is 12.8 Å². The van der Waals surface area contributed by atoms with E-state index in [1.165, 1.54) is 7.11 Å². The van der Waals surface area contributed by atoms with E-state index in [9.17, 15) is 4.57 Å². The predicted octanol–water partition coefficient (Wildman–Crippen LogP) is 3.84. The van der Waals surface area contributed by atoms with E-state index in [2.05, 4.69) is 0 Å². The molecule has 0 bridgehead atoms. The largest absolute Gasteiger partial charge is 0.371 e. The summed E-state index contributed by atoms with van der Waals surface area (Å²) in [6.45, 7) is 13.6. The van der Waals surface area contributed by atoms with E-state index >= 15 is 0 Å². The van der Waals surface area contributed by atoms with Crippen LogP contribution in [0.2, 0.25) is 0 Å². The van der Waals surface area contributed by atoms with Gasteiger partial charge in [0, 0.05) is 7.11 Å². The van der Waals surface area contributed by atoms with Crippen LogP contribution in [0, 0.1) is 0 Å². The van der Waals surface area contributed by atoms with Gasteiger partial charge in [0.1, 0.15) is 0 Å². The van der Waals surface area contributed by atoms with Gasteiger partial charge in [-0.15, -0.1) is 0 Å². The van der Waals surface area contributed by atoms with E-state index in [1.54, 1.807) is 0 Å². The summed E-state index contributed by atoms with van der Waals surface area (Å²) in [4.78, 5) is 0. The Labute approximate surface area is 106 Å². The van der Waals surface area contributed by atoms with Gasteiger partial charge in [0.2, 0.25) is 0 Å². The van der Waals surface area contributed by atoms with Gasteiger partial charge in [-0.25, -0.2) is 0 Å². The molecule has 0 heterocycles. The van der Waals surface area contributed by atoms with Crippen molar-refractivity contribution < 1.29 is 18.3 Å². The molecule has 0 amide bonds. The summed E-state index contributed by atoms with van der Waals surface area (Å²) in [6.07, 6.45) is -0.124. The lowest BCUT2D eigenvalue weighted by Gasteiger charge is -2.31. The highest BCUT2D eigenvalue weighted by atomic mass is 31.2. The van der Waals surface area contributed by atoms with Gasteiger partial charge in [0.05, 0.1) is 23.5 Å². The normalized spacial score (nSPS) is 18.8. The van der Waals surface area contributed by atoms with E-state index in [4.69, 9.17) is 13.8 Å². The van der Waals surface area contributed by atoms with Crippen LogP contribution >= 0.6 is 7.60 Å². The molecule has 17 heavy (non-hydrogen) atoms. The highest BCUT2D eigenvalue weighted by molar-refractivity contribution is 7.55. The van der Waals surface area contributed by atoms with Crippen molar-refractivity contribution in [3.05, 3.63) is 0 Å². The van der Waals surface area contributed by atoms with Crippen LogP contribution in [0.1, 0.15) is 48.5 Å². The molecule has 0 aliphatic heterocycles. The van der Waals surface area contributed by atoms with Crippen LogP contribution in [0.15, 0.2) is 0 Å². The van der Waals surface area contributed by atoms with Crippen LogP contribution in [0.3, 0.4) is 0 Å². The average molecular weight is 266 g/mol. The summed E-state index contributed by atoms with van der Waals surface area (Å²) in [7, 11) is -1.67. The fourth-order valence-electron chi connectivity index (χ4n) is 1.36. The van der Waals surface area contributed by atoms with Gasteiger partial charge >= 0.3 is 7.60 Å². The van der Waals surface area contributed by atoms with Crippen LogP contribution in [0.4, 0.5) is 0 Å². The van der Waals surface area contributed by atoms with Crippen molar-refractivity contribution in [1.29, 1.82) is 0 Å². The maximum absolute atomic E-state index is 12.4. The van der Waals surface area contributed by atoms with Crippen LogP contribution in [-0.4, -0.2) is 30.6 Å². The molecule has 0 aliphatic carbocycles. The minimum Gasteiger partial charge on any atom is -0.371 e. The SMILES string of the molecule is COP(=O)(OCC(C)OC(C)(C)C)C(C)(C)C. The topological polar surface area (TPSA) is 44.8 Å². The Balaban J connectivity index is 4.41. The molecule has 0 aromatic carbocycles. The number of hydrogen-bond donors (Lipinski definition) is 0. The van der Waals surface area contributed by atoms with Crippen molar-refractivity contribution in [2.24, 2.45) is 0 Å². The first kappa shape index (κ1) is 17.1. The lowest BCUT2D eigenvalue weighted by molar-refractivity contribution is -0.0688. The van der Waals surface area contributed by atoms with Crippen molar-refractivity contribution in [3.8, 4) is 0 Å². The first-order chi connectivity index (χ1) is 7.41. The third-order valence-electron chi connectivity index (χ3n) is 2.10. The first-order valence-corrected chi connectivity index (χ1v) is 7.44. The smallest absolute Gasteiger partial charge is 0.335 e. The van der Waals surface area contributed by atoms with Crippen LogP contribution in [0.5, 0.6) is 0 Å². The van der Waals surface area contributed by atoms with E-state index in [0.29, 0.717) is 0 Å². The number of rotatable bonds is 5. The summed E-state index contributed by atoms with van der Waals surface area (Å²) in [6, 6.07) is 0. The number of hydrogen-bond acceptors (Lipinski definition) is 4. The second-order valence-corrected chi connectivity index (χ2v) is 9.15. The maximum Gasteiger partial charge on any atom is 0.335 e. The van der Waals surface area contributed by atoms with Crippen LogP contribution in [-0.2, 0) is 18.3 Å². The molecule has 0 rings (SSSR count). The third kappa shape index (κ3) is 6.01. The van der Waals surface area contributed by atoms with E-state index in [1.807, 2.05) is 48.5 Å². The molecule has 0 saturated heterocycles. The van der Waals surface area contributed by atoms with Gasteiger partial charge in [-0.1, -0.05) is 0 Å². The first-order valence-electron chi connectivity index (χ1n) is 5.89. The Morgan fingerprint density at radius 1 is 1.12 bits per heavy atom. The van der Waals surface area contributed by atoms with Gasteiger partial charge in [0.25, 0.3) is 0 Å².